The zero-order chi connectivity index (χ0) is 12.4. The van der Waals surface area contributed by atoms with E-state index < -0.39 is 0 Å². The van der Waals surface area contributed by atoms with Gasteiger partial charge in [-0.3, -0.25) is 4.79 Å². The second-order valence-electron chi connectivity index (χ2n) is 4.03. The highest BCUT2D eigenvalue weighted by Crippen LogP contribution is 2.03. The summed E-state index contributed by atoms with van der Waals surface area (Å²) in [6.07, 6.45) is 4.76. The molecule has 0 saturated carbocycles. The number of aldehydes is 1. The van der Waals surface area contributed by atoms with Gasteiger partial charge in [0.25, 0.3) is 0 Å². The monoisotopic (exact) mass is 227 g/mol. The molecule has 92 valence electrons. The minimum absolute atomic E-state index is 0.0127. The smallest absolute Gasteiger partial charge is 0.222 e. The third-order valence-electron chi connectivity index (χ3n) is 2.42. The Bertz CT molecular complexity index is 238. The van der Waals surface area contributed by atoms with Gasteiger partial charge in [-0.1, -0.05) is 6.42 Å². The standard InChI is InChI=1S/C12H21NO3/c1-11(15)7-4-3-5-9-13(2)12(16)8-6-10-14/h10H,3-9H2,1-2H3. The van der Waals surface area contributed by atoms with Crippen molar-refractivity contribution in [2.75, 3.05) is 13.6 Å². The third-order valence-corrected chi connectivity index (χ3v) is 2.42. The number of nitrogens with zero attached hydrogens (tertiary/aromatic N) is 1. The van der Waals surface area contributed by atoms with E-state index in [9.17, 15) is 14.4 Å². The van der Waals surface area contributed by atoms with Crippen molar-refractivity contribution < 1.29 is 14.4 Å². The zero-order valence-electron chi connectivity index (χ0n) is 10.2. The number of carbonyl (C=O) groups excluding carboxylic acids is 3. The van der Waals surface area contributed by atoms with Crippen molar-refractivity contribution in [1.82, 2.24) is 4.90 Å². The normalized spacial score (nSPS) is 9.88. The maximum absolute atomic E-state index is 11.4. The Morgan fingerprint density at radius 2 is 1.81 bits per heavy atom. The third kappa shape index (κ3) is 8.15. The maximum Gasteiger partial charge on any atom is 0.222 e. The minimum atomic E-state index is 0.0127. The number of unbranched alkanes of at least 4 members (excludes halogenated alkanes) is 2. The Morgan fingerprint density at radius 1 is 1.12 bits per heavy atom. The van der Waals surface area contributed by atoms with Crippen LogP contribution in [0.15, 0.2) is 0 Å². The lowest BCUT2D eigenvalue weighted by molar-refractivity contribution is -0.131. The molecule has 0 spiro atoms. The highest BCUT2D eigenvalue weighted by molar-refractivity contribution is 5.78. The van der Waals surface area contributed by atoms with E-state index in [1.165, 1.54) is 0 Å². The van der Waals surface area contributed by atoms with Gasteiger partial charge in [-0.15, -0.1) is 0 Å². The molecule has 0 aliphatic heterocycles. The molecule has 0 aromatic heterocycles. The van der Waals surface area contributed by atoms with Gasteiger partial charge < -0.3 is 14.5 Å². The highest BCUT2D eigenvalue weighted by atomic mass is 16.2. The Hall–Kier alpha value is -1.19. The molecule has 4 nitrogen and oxygen atoms in total. The topological polar surface area (TPSA) is 54.5 Å². The fraction of sp³-hybridized carbons (Fsp3) is 0.750. The lowest BCUT2D eigenvalue weighted by Crippen LogP contribution is -2.27. The van der Waals surface area contributed by atoms with Crippen LogP contribution in [0.4, 0.5) is 0 Å². The summed E-state index contributed by atoms with van der Waals surface area (Å²) in [7, 11) is 1.75. The van der Waals surface area contributed by atoms with E-state index in [2.05, 4.69) is 0 Å². The molecule has 1 amide bonds. The van der Waals surface area contributed by atoms with Gasteiger partial charge in [-0.2, -0.15) is 0 Å². The molecule has 0 aromatic carbocycles. The number of hydrogen-bond acceptors (Lipinski definition) is 3. The minimum Gasteiger partial charge on any atom is -0.346 e. The molecule has 0 bridgehead atoms. The van der Waals surface area contributed by atoms with Gasteiger partial charge >= 0.3 is 0 Å². The van der Waals surface area contributed by atoms with Crippen molar-refractivity contribution in [3.63, 3.8) is 0 Å². The number of amides is 1. The summed E-state index contributed by atoms with van der Waals surface area (Å²) in [4.78, 5) is 33.8. The van der Waals surface area contributed by atoms with Crippen LogP contribution in [0.2, 0.25) is 0 Å². The predicted octanol–water partition coefficient (Wildman–Crippen LogP) is 1.57. The van der Waals surface area contributed by atoms with E-state index in [0.29, 0.717) is 25.8 Å². The van der Waals surface area contributed by atoms with E-state index in [-0.39, 0.29) is 11.7 Å². The molecule has 0 heterocycles. The van der Waals surface area contributed by atoms with Gasteiger partial charge in [0.05, 0.1) is 0 Å². The number of rotatable bonds is 9. The fourth-order valence-corrected chi connectivity index (χ4v) is 1.40. The fourth-order valence-electron chi connectivity index (χ4n) is 1.40. The van der Waals surface area contributed by atoms with Gasteiger partial charge in [0, 0.05) is 32.9 Å². The molecule has 0 aromatic rings. The molecule has 0 N–H and O–H groups in total. The van der Waals surface area contributed by atoms with Crippen molar-refractivity contribution in [3.05, 3.63) is 0 Å². The van der Waals surface area contributed by atoms with E-state index in [4.69, 9.17) is 0 Å². The molecule has 0 aliphatic rings. The van der Waals surface area contributed by atoms with Gasteiger partial charge in [0.2, 0.25) is 5.91 Å². The van der Waals surface area contributed by atoms with E-state index >= 15 is 0 Å². The molecule has 0 aliphatic carbocycles. The average Bonchev–Trinajstić information content (AvgIpc) is 2.24. The molecular weight excluding hydrogens is 206 g/mol. The van der Waals surface area contributed by atoms with Crippen LogP contribution >= 0.6 is 0 Å². The predicted molar refractivity (Wildman–Crippen MR) is 62.1 cm³/mol. The molecule has 0 atom stereocenters. The van der Waals surface area contributed by atoms with E-state index in [1.54, 1.807) is 18.9 Å². The summed E-state index contributed by atoms with van der Waals surface area (Å²) < 4.78 is 0. The van der Waals surface area contributed by atoms with Gasteiger partial charge in [0.1, 0.15) is 12.1 Å². The number of Topliss-reactive ketones (excluding diaryl/α,β-unsaturated/α-hetero) is 1. The van der Waals surface area contributed by atoms with Crippen molar-refractivity contribution in [3.8, 4) is 0 Å². The first-order chi connectivity index (χ1) is 7.57. The average molecular weight is 227 g/mol. The van der Waals surface area contributed by atoms with Gasteiger partial charge in [-0.05, 0) is 19.8 Å². The van der Waals surface area contributed by atoms with Crippen LogP contribution in [0.1, 0.15) is 45.4 Å². The summed E-state index contributed by atoms with van der Waals surface area (Å²) in [5.74, 6) is 0.231. The molecule has 0 rings (SSSR count). The van der Waals surface area contributed by atoms with Crippen molar-refractivity contribution >= 4 is 18.0 Å². The van der Waals surface area contributed by atoms with Crippen LogP contribution in [0.3, 0.4) is 0 Å². The zero-order valence-corrected chi connectivity index (χ0v) is 10.2. The summed E-state index contributed by atoms with van der Waals surface area (Å²) in [5, 5.41) is 0. The number of carbonyl (C=O) groups is 3. The first kappa shape index (κ1) is 14.8. The number of hydrogen-bond donors (Lipinski definition) is 0. The molecule has 4 heteroatoms. The summed E-state index contributed by atoms with van der Waals surface area (Å²) in [6.45, 7) is 2.30. The maximum atomic E-state index is 11.4. The van der Waals surface area contributed by atoms with Crippen LogP contribution in [0.25, 0.3) is 0 Å². The summed E-state index contributed by atoms with van der Waals surface area (Å²) >= 11 is 0. The van der Waals surface area contributed by atoms with Crippen molar-refractivity contribution in [2.45, 2.75) is 45.4 Å². The quantitative estimate of drug-likeness (QED) is 0.444. The Labute approximate surface area is 97.0 Å². The molecule has 0 fully saturated rings. The SMILES string of the molecule is CC(=O)CCCCCN(C)C(=O)CCC=O. The summed E-state index contributed by atoms with van der Waals surface area (Å²) in [6, 6.07) is 0. The Kier molecular flexibility index (Phi) is 8.39. The Morgan fingerprint density at radius 3 is 2.38 bits per heavy atom. The Balaban J connectivity index is 3.49. The van der Waals surface area contributed by atoms with Crippen LogP contribution < -0.4 is 0 Å². The number of ketones is 1. The molecule has 0 radical (unpaired) electrons. The second-order valence-corrected chi connectivity index (χ2v) is 4.03. The van der Waals surface area contributed by atoms with Crippen molar-refractivity contribution in [1.29, 1.82) is 0 Å². The molecule has 0 saturated heterocycles. The van der Waals surface area contributed by atoms with E-state index in [0.717, 1.165) is 25.5 Å². The van der Waals surface area contributed by atoms with Crippen LogP contribution in [-0.4, -0.2) is 36.5 Å². The second kappa shape index (κ2) is 9.07. The van der Waals surface area contributed by atoms with Crippen LogP contribution in [0, 0.1) is 0 Å². The van der Waals surface area contributed by atoms with Crippen molar-refractivity contribution in [2.24, 2.45) is 0 Å². The lowest BCUT2D eigenvalue weighted by Gasteiger charge is -2.16. The van der Waals surface area contributed by atoms with E-state index in [1.807, 2.05) is 0 Å². The first-order valence-electron chi connectivity index (χ1n) is 5.75. The largest absolute Gasteiger partial charge is 0.346 e. The summed E-state index contributed by atoms with van der Waals surface area (Å²) in [5.41, 5.74) is 0. The molecular formula is C12H21NO3. The first-order valence-corrected chi connectivity index (χ1v) is 5.75. The van der Waals surface area contributed by atoms with Gasteiger partial charge in [-0.25, -0.2) is 0 Å². The lowest BCUT2D eigenvalue weighted by atomic mass is 10.1. The van der Waals surface area contributed by atoms with Crippen LogP contribution in [0.5, 0.6) is 0 Å². The van der Waals surface area contributed by atoms with Gasteiger partial charge in [0.15, 0.2) is 0 Å². The highest BCUT2D eigenvalue weighted by Gasteiger charge is 2.07. The molecule has 0 unspecified atom stereocenters. The van der Waals surface area contributed by atoms with Crippen LogP contribution in [-0.2, 0) is 14.4 Å². The molecule has 16 heavy (non-hydrogen) atoms.